The topological polar surface area (TPSA) is 51.0 Å². The van der Waals surface area contributed by atoms with Crippen LogP contribution in [0.25, 0.3) is 11.4 Å². The minimum absolute atomic E-state index is 0.661. The van der Waals surface area contributed by atoms with Crippen molar-refractivity contribution in [2.45, 2.75) is 25.7 Å². The Kier molecular flexibility index (Phi) is 4.47. The van der Waals surface area contributed by atoms with Crippen molar-refractivity contribution in [1.82, 2.24) is 15.5 Å². The third kappa shape index (κ3) is 3.27. The van der Waals surface area contributed by atoms with Crippen LogP contribution < -0.4 is 5.32 Å². The van der Waals surface area contributed by atoms with Gasteiger partial charge >= 0.3 is 0 Å². The smallest absolute Gasteiger partial charge is 0.226 e. The molecule has 1 N–H and O–H groups in total. The summed E-state index contributed by atoms with van der Waals surface area (Å²) in [5.74, 6) is 2.14. The van der Waals surface area contributed by atoms with E-state index in [4.69, 9.17) is 4.52 Å². The molecule has 0 saturated carbocycles. The van der Waals surface area contributed by atoms with E-state index in [-0.39, 0.29) is 0 Å². The van der Waals surface area contributed by atoms with Gasteiger partial charge in [-0.3, -0.25) is 0 Å². The van der Waals surface area contributed by atoms with Crippen LogP contribution in [0.2, 0.25) is 0 Å². The number of hydrogen-bond acceptors (Lipinski definition) is 4. The quantitative estimate of drug-likeness (QED) is 0.929. The third-order valence-electron chi connectivity index (χ3n) is 3.75. The monoisotopic (exact) mass is 335 g/mol. The Bertz CT molecular complexity index is 564. The predicted molar refractivity (Wildman–Crippen MR) is 81.3 cm³/mol. The summed E-state index contributed by atoms with van der Waals surface area (Å²) in [6.45, 7) is 2.27. The molecule has 3 rings (SSSR count). The van der Waals surface area contributed by atoms with E-state index < -0.39 is 0 Å². The standard InChI is InChI=1S/C15H18BrN3O/c16-13-6-2-1-5-12(13)15-18-14(20-19-15)8-7-11-4-3-9-17-10-11/h1-2,5-6,11,17H,3-4,7-10H2. The summed E-state index contributed by atoms with van der Waals surface area (Å²) in [7, 11) is 0. The van der Waals surface area contributed by atoms with Gasteiger partial charge in [0.1, 0.15) is 0 Å². The van der Waals surface area contributed by atoms with Crippen molar-refractivity contribution in [3.63, 3.8) is 0 Å². The zero-order chi connectivity index (χ0) is 13.8. The van der Waals surface area contributed by atoms with E-state index in [2.05, 4.69) is 31.4 Å². The van der Waals surface area contributed by atoms with Gasteiger partial charge in [0, 0.05) is 16.5 Å². The first-order valence-corrected chi connectivity index (χ1v) is 7.90. The van der Waals surface area contributed by atoms with Gasteiger partial charge < -0.3 is 9.84 Å². The van der Waals surface area contributed by atoms with Crippen molar-refractivity contribution in [1.29, 1.82) is 0 Å². The molecule has 1 aliphatic heterocycles. The van der Waals surface area contributed by atoms with Crippen LogP contribution in [0.1, 0.15) is 25.2 Å². The molecule has 0 amide bonds. The van der Waals surface area contributed by atoms with Crippen LogP contribution in [0.15, 0.2) is 33.3 Å². The first-order valence-electron chi connectivity index (χ1n) is 7.11. The molecule has 1 unspecified atom stereocenters. The van der Waals surface area contributed by atoms with Crippen molar-refractivity contribution in [3.8, 4) is 11.4 Å². The Hall–Kier alpha value is -1.20. The average Bonchev–Trinajstić information content (AvgIpc) is 2.95. The molecule has 106 valence electrons. The van der Waals surface area contributed by atoms with Crippen LogP contribution in [0.5, 0.6) is 0 Å². The van der Waals surface area contributed by atoms with Crippen LogP contribution in [0.3, 0.4) is 0 Å². The molecule has 1 saturated heterocycles. The number of hydrogen-bond donors (Lipinski definition) is 1. The molecule has 5 heteroatoms. The normalized spacial score (nSPS) is 19.1. The molecule has 4 nitrogen and oxygen atoms in total. The summed E-state index contributed by atoms with van der Waals surface area (Å²) < 4.78 is 6.35. The summed E-state index contributed by atoms with van der Waals surface area (Å²) in [5.41, 5.74) is 0.974. The maximum absolute atomic E-state index is 5.36. The molecular weight excluding hydrogens is 318 g/mol. The van der Waals surface area contributed by atoms with Crippen LogP contribution in [-0.2, 0) is 6.42 Å². The number of piperidine rings is 1. The molecule has 0 spiro atoms. The minimum atomic E-state index is 0.661. The fourth-order valence-corrected chi connectivity index (χ4v) is 3.07. The Morgan fingerprint density at radius 1 is 1.35 bits per heavy atom. The highest BCUT2D eigenvalue weighted by Gasteiger charge is 2.16. The highest BCUT2D eigenvalue weighted by Crippen LogP contribution is 2.26. The Labute approximate surface area is 127 Å². The lowest BCUT2D eigenvalue weighted by molar-refractivity contribution is 0.327. The lowest BCUT2D eigenvalue weighted by atomic mass is 9.95. The number of rotatable bonds is 4. The SMILES string of the molecule is Brc1ccccc1-c1noc(CCC2CCCNC2)n1. The molecule has 1 aromatic carbocycles. The number of halogens is 1. The van der Waals surface area contributed by atoms with E-state index in [0.29, 0.717) is 5.82 Å². The molecule has 2 aromatic rings. The van der Waals surface area contributed by atoms with E-state index in [1.54, 1.807) is 0 Å². The Balaban J connectivity index is 1.63. The number of benzene rings is 1. The van der Waals surface area contributed by atoms with Gasteiger partial charge in [0.05, 0.1) is 0 Å². The van der Waals surface area contributed by atoms with Gasteiger partial charge in [-0.15, -0.1) is 0 Å². The van der Waals surface area contributed by atoms with Crippen molar-refractivity contribution >= 4 is 15.9 Å². The number of aromatic nitrogens is 2. The zero-order valence-corrected chi connectivity index (χ0v) is 12.9. The molecule has 1 fully saturated rings. The van der Waals surface area contributed by atoms with E-state index in [9.17, 15) is 0 Å². The van der Waals surface area contributed by atoms with E-state index in [1.807, 2.05) is 24.3 Å². The van der Waals surface area contributed by atoms with Gasteiger partial charge in [-0.1, -0.05) is 33.2 Å². The summed E-state index contributed by atoms with van der Waals surface area (Å²) in [4.78, 5) is 4.50. The van der Waals surface area contributed by atoms with E-state index in [1.165, 1.54) is 12.8 Å². The molecule has 2 heterocycles. The largest absolute Gasteiger partial charge is 0.339 e. The minimum Gasteiger partial charge on any atom is -0.339 e. The molecule has 1 aromatic heterocycles. The Morgan fingerprint density at radius 2 is 2.25 bits per heavy atom. The summed E-state index contributed by atoms with van der Waals surface area (Å²) in [6, 6.07) is 7.93. The fourth-order valence-electron chi connectivity index (χ4n) is 2.61. The molecule has 0 bridgehead atoms. The van der Waals surface area contributed by atoms with Gasteiger partial charge in [-0.2, -0.15) is 4.98 Å². The second-order valence-electron chi connectivity index (χ2n) is 5.24. The molecule has 20 heavy (non-hydrogen) atoms. The fraction of sp³-hybridized carbons (Fsp3) is 0.467. The van der Waals surface area contributed by atoms with Crippen molar-refractivity contribution in [2.24, 2.45) is 5.92 Å². The number of aryl methyl sites for hydroxylation is 1. The number of nitrogens with one attached hydrogen (secondary N) is 1. The van der Waals surface area contributed by atoms with Gasteiger partial charge in [0.25, 0.3) is 0 Å². The van der Waals surface area contributed by atoms with Gasteiger partial charge in [-0.05, 0) is 50.4 Å². The van der Waals surface area contributed by atoms with Crippen LogP contribution in [-0.4, -0.2) is 23.2 Å². The highest BCUT2D eigenvalue weighted by molar-refractivity contribution is 9.10. The second kappa shape index (κ2) is 6.50. The molecular formula is C15H18BrN3O. The van der Waals surface area contributed by atoms with Crippen molar-refractivity contribution in [2.75, 3.05) is 13.1 Å². The maximum atomic E-state index is 5.36. The first kappa shape index (κ1) is 13.8. The highest BCUT2D eigenvalue weighted by atomic mass is 79.9. The van der Waals surface area contributed by atoms with E-state index in [0.717, 1.165) is 47.8 Å². The molecule has 0 aliphatic carbocycles. The molecule has 1 atom stereocenters. The van der Waals surface area contributed by atoms with Gasteiger partial charge in [0.15, 0.2) is 0 Å². The summed E-state index contributed by atoms with van der Waals surface area (Å²) >= 11 is 3.51. The predicted octanol–water partition coefficient (Wildman–Crippen LogP) is 3.43. The maximum Gasteiger partial charge on any atom is 0.226 e. The van der Waals surface area contributed by atoms with E-state index >= 15 is 0 Å². The van der Waals surface area contributed by atoms with Crippen LogP contribution in [0, 0.1) is 5.92 Å². The Morgan fingerprint density at radius 3 is 3.05 bits per heavy atom. The van der Waals surface area contributed by atoms with Crippen LogP contribution in [0.4, 0.5) is 0 Å². The van der Waals surface area contributed by atoms with Crippen LogP contribution >= 0.6 is 15.9 Å². The zero-order valence-electron chi connectivity index (χ0n) is 11.3. The lowest BCUT2D eigenvalue weighted by Gasteiger charge is -2.21. The van der Waals surface area contributed by atoms with Gasteiger partial charge in [-0.25, -0.2) is 0 Å². The summed E-state index contributed by atoms with van der Waals surface area (Å²) in [5, 5.41) is 7.52. The van der Waals surface area contributed by atoms with Crippen molar-refractivity contribution < 1.29 is 4.52 Å². The summed E-state index contributed by atoms with van der Waals surface area (Å²) in [6.07, 6.45) is 4.56. The molecule has 0 radical (unpaired) electrons. The first-order chi connectivity index (χ1) is 9.83. The van der Waals surface area contributed by atoms with Crippen molar-refractivity contribution in [3.05, 3.63) is 34.6 Å². The average molecular weight is 336 g/mol. The lowest BCUT2D eigenvalue weighted by Crippen LogP contribution is -2.29. The third-order valence-corrected chi connectivity index (χ3v) is 4.44. The second-order valence-corrected chi connectivity index (χ2v) is 6.10. The van der Waals surface area contributed by atoms with Gasteiger partial charge in [0.2, 0.25) is 11.7 Å². The number of nitrogens with zero attached hydrogens (tertiary/aromatic N) is 2. The molecule has 1 aliphatic rings.